The molecule has 2 rings (SSSR count). The first-order valence-electron chi connectivity index (χ1n) is 7.14. The zero-order valence-electron chi connectivity index (χ0n) is 11.6. The average molecular weight is 274 g/mol. The number of amides is 2. The Balaban J connectivity index is 1.65. The maximum atomic E-state index is 11.7. The molecule has 3 N–H and O–H groups in total. The second-order valence-electron chi connectivity index (χ2n) is 5.24. The fraction of sp³-hybridized carbons (Fsp3) is 0.438. The maximum absolute atomic E-state index is 11.7. The van der Waals surface area contributed by atoms with Crippen molar-refractivity contribution in [1.82, 2.24) is 10.6 Å². The highest BCUT2D eigenvalue weighted by Gasteiger charge is 2.25. The van der Waals surface area contributed by atoms with E-state index < -0.39 is 5.60 Å². The molecule has 0 saturated carbocycles. The molecular formula is C16H22N2O2. The Hall–Kier alpha value is -1.81. The number of carbonyl (C=O) groups excluding carboxylic acids is 1. The van der Waals surface area contributed by atoms with Gasteiger partial charge < -0.3 is 15.7 Å². The Labute approximate surface area is 119 Å². The van der Waals surface area contributed by atoms with Crippen molar-refractivity contribution in [3.8, 4) is 0 Å². The number of hydrogen-bond donors (Lipinski definition) is 3. The minimum atomic E-state index is -0.880. The summed E-state index contributed by atoms with van der Waals surface area (Å²) in [5.74, 6) is 0. The van der Waals surface area contributed by atoms with Gasteiger partial charge in [0, 0.05) is 6.54 Å². The van der Waals surface area contributed by atoms with E-state index in [0.717, 1.165) is 19.3 Å². The first-order valence-corrected chi connectivity index (χ1v) is 7.14. The molecule has 0 aromatic heterocycles. The molecule has 108 valence electrons. The molecule has 1 aromatic rings. The van der Waals surface area contributed by atoms with Crippen molar-refractivity contribution in [1.29, 1.82) is 0 Å². The van der Waals surface area contributed by atoms with E-state index in [1.165, 1.54) is 5.56 Å². The van der Waals surface area contributed by atoms with Crippen LogP contribution >= 0.6 is 0 Å². The van der Waals surface area contributed by atoms with Gasteiger partial charge in [0.1, 0.15) is 5.60 Å². The van der Waals surface area contributed by atoms with E-state index in [4.69, 9.17) is 0 Å². The molecule has 4 nitrogen and oxygen atoms in total. The molecule has 0 heterocycles. The fourth-order valence-electron chi connectivity index (χ4n) is 2.32. The molecule has 1 unspecified atom stereocenters. The van der Waals surface area contributed by atoms with Gasteiger partial charge in [-0.05, 0) is 31.2 Å². The van der Waals surface area contributed by atoms with Gasteiger partial charge in [0.25, 0.3) is 0 Å². The van der Waals surface area contributed by atoms with Crippen molar-refractivity contribution in [2.75, 3.05) is 13.1 Å². The van der Waals surface area contributed by atoms with Crippen LogP contribution in [0.25, 0.3) is 0 Å². The molecular weight excluding hydrogens is 252 g/mol. The van der Waals surface area contributed by atoms with Crippen molar-refractivity contribution in [2.45, 2.75) is 31.3 Å². The topological polar surface area (TPSA) is 61.4 Å². The molecule has 1 aromatic carbocycles. The van der Waals surface area contributed by atoms with Crippen LogP contribution in [0.3, 0.4) is 0 Å². The lowest BCUT2D eigenvalue weighted by Gasteiger charge is -2.27. The van der Waals surface area contributed by atoms with Crippen molar-refractivity contribution in [3.05, 3.63) is 48.0 Å². The van der Waals surface area contributed by atoms with Gasteiger partial charge in [-0.2, -0.15) is 0 Å². The Morgan fingerprint density at radius 1 is 1.25 bits per heavy atom. The number of carbonyl (C=O) groups is 1. The normalized spacial score (nSPS) is 21.4. The molecule has 1 atom stereocenters. The minimum Gasteiger partial charge on any atom is -0.384 e. The summed E-state index contributed by atoms with van der Waals surface area (Å²) >= 11 is 0. The lowest BCUT2D eigenvalue weighted by molar-refractivity contribution is 0.0762. The van der Waals surface area contributed by atoms with Gasteiger partial charge >= 0.3 is 6.03 Å². The third-order valence-electron chi connectivity index (χ3n) is 3.51. The monoisotopic (exact) mass is 274 g/mol. The highest BCUT2D eigenvalue weighted by atomic mass is 16.3. The van der Waals surface area contributed by atoms with E-state index in [2.05, 4.69) is 10.6 Å². The molecule has 0 spiro atoms. The summed E-state index contributed by atoms with van der Waals surface area (Å²) in [4.78, 5) is 11.7. The van der Waals surface area contributed by atoms with E-state index in [1.54, 1.807) is 6.08 Å². The van der Waals surface area contributed by atoms with Crippen LogP contribution in [0.15, 0.2) is 42.5 Å². The number of hydrogen-bond acceptors (Lipinski definition) is 2. The lowest BCUT2D eigenvalue weighted by atomic mass is 9.91. The molecule has 20 heavy (non-hydrogen) atoms. The summed E-state index contributed by atoms with van der Waals surface area (Å²) < 4.78 is 0. The molecule has 0 radical (unpaired) electrons. The standard InChI is InChI=1S/C16H22N2O2/c19-15(17-12-9-14-7-3-1-4-8-14)18-13-16(20)10-5-2-6-11-16/h1,3-5,7-8,10,20H,2,6,9,11-13H2,(H2,17,18,19). The summed E-state index contributed by atoms with van der Waals surface area (Å²) in [6.45, 7) is 0.852. The molecule has 1 aliphatic rings. The molecule has 1 aliphatic carbocycles. The summed E-state index contributed by atoms with van der Waals surface area (Å²) in [5, 5.41) is 15.7. The quantitative estimate of drug-likeness (QED) is 0.719. The van der Waals surface area contributed by atoms with E-state index in [9.17, 15) is 9.90 Å². The zero-order valence-corrected chi connectivity index (χ0v) is 11.6. The summed E-state index contributed by atoms with van der Waals surface area (Å²) in [7, 11) is 0. The Morgan fingerprint density at radius 3 is 2.75 bits per heavy atom. The second-order valence-corrected chi connectivity index (χ2v) is 5.24. The van der Waals surface area contributed by atoms with E-state index in [0.29, 0.717) is 13.0 Å². The first kappa shape index (κ1) is 14.6. The third-order valence-corrected chi connectivity index (χ3v) is 3.51. The minimum absolute atomic E-state index is 0.228. The predicted octanol–water partition coefficient (Wildman–Crippen LogP) is 2.00. The molecule has 0 fully saturated rings. The predicted molar refractivity (Wildman–Crippen MR) is 79.5 cm³/mol. The van der Waals surface area contributed by atoms with Gasteiger partial charge in [-0.25, -0.2) is 4.79 Å². The van der Waals surface area contributed by atoms with Crippen LogP contribution in [0, 0.1) is 0 Å². The van der Waals surface area contributed by atoms with Gasteiger partial charge in [0.05, 0.1) is 6.54 Å². The Morgan fingerprint density at radius 2 is 2.05 bits per heavy atom. The zero-order chi connectivity index (χ0) is 14.3. The number of benzene rings is 1. The van der Waals surface area contributed by atoms with E-state index in [1.807, 2.05) is 36.4 Å². The van der Waals surface area contributed by atoms with Gasteiger partial charge in [0.2, 0.25) is 0 Å². The second kappa shape index (κ2) is 7.10. The van der Waals surface area contributed by atoms with Crippen LogP contribution in [-0.4, -0.2) is 29.8 Å². The number of allylic oxidation sites excluding steroid dienone is 1. The maximum Gasteiger partial charge on any atom is 0.314 e. The smallest absolute Gasteiger partial charge is 0.314 e. The van der Waals surface area contributed by atoms with Gasteiger partial charge in [-0.15, -0.1) is 0 Å². The molecule has 0 saturated heterocycles. The number of aliphatic hydroxyl groups is 1. The van der Waals surface area contributed by atoms with Crippen molar-refractivity contribution in [2.24, 2.45) is 0 Å². The van der Waals surface area contributed by atoms with E-state index >= 15 is 0 Å². The van der Waals surface area contributed by atoms with Crippen LogP contribution in [0.1, 0.15) is 24.8 Å². The molecule has 2 amide bonds. The first-order chi connectivity index (χ1) is 9.68. The lowest BCUT2D eigenvalue weighted by Crippen LogP contribution is -2.46. The summed E-state index contributed by atoms with van der Waals surface area (Å²) in [6, 6.07) is 9.79. The molecule has 4 heteroatoms. The number of rotatable bonds is 5. The van der Waals surface area contributed by atoms with Crippen LogP contribution in [-0.2, 0) is 6.42 Å². The molecule has 0 aliphatic heterocycles. The van der Waals surface area contributed by atoms with E-state index in [-0.39, 0.29) is 12.6 Å². The number of nitrogens with one attached hydrogen (secondary N) is 2. The third kappa shape index (κ3) is 4.70. The Bertz CT molecular complexity index is 459. The highest BCUT2D eigenvalue weighted by molar-refractivity contribution is 5.73. The van der Waals surface area contributed by atoms with Crippen molar-refractivity contribution >= 4 is 6.03 Å². The van der Waals surface area contributed by atoms with Gasteiger partial charge in [-0.3, -0.25) is 0 Å². The molecule has 0 bridgehead atoms. The van der Waals surface area contributed by atoms with Crippen LogP contribution in [0.2, 0.25) is 0 Å². The summed E-state index contributed by atoms with van der Waals surface area (Å²) in [6.07, 6.45) is 7.24. The number of urea groups is 1. The van der Waals surface area contributed by atoms with Crippen LogP contribution in [0.4, 0.5) is 4.79 Å². The van der Waals surface area contributed by atoms with Crippen molar-refractivity contribution in [3.63, 3.8) is 0 Å². The average Bonchev–Trinajstić information content (AvgIpc) is 2.47. The largest absolute Gasteiger partial charge is 0.384 e. The summed E-state index contributed by atoms with van der Waals surface area (Å²) in [5.41, 5.74) is 0.316. The highest BCUT2D eigenvalue weighted by Crippen LogP contribution is 2.20. The van der Waals surface area contributed by atoms with Crippen molar-refractivity contribution < 1.29 is 9.90 Å². The SMILES string of the molecule is O=C(NCCc1ccccc1)NCC1(O)C=CCCC1. The van der Waals surface area contributed by atoms with Crippen LogP contribution in [0.5, 0.6) is 0 Å². The van der Waals surface area contributed by atoms with Gasteiger partial charge in [0.15, 0.2) is 0 Å². The van der Waals surface area contributed by atoms with Gasteiger partial charge in [-0.1, -0.05) is 42.5 Å². The Kier molecular flexibility index (Phi) is 5.18. The fourth-order valence-corrected chi connectivity index (χ4v) is 2.32. The van der Waals surface area contributed by atoms with Crippen LogP contribution < -0.4 is 10.6 Å².